The number of Topliss-reactive ketones (excluding diaryl/α,β-unsaturated/α-hetero) is 1. The van der Waals surface area contributed by atoms with Gasteiger partial charge in [0.2, 0.25) is 15.9 Å². The number of nitrogens with zero attached hydrogens (tertiary/aromatic N) is 2. The highest BCUT2D eigenvalue weighted by Crippen LogP contribution is 2.46. The molecule has 2 atom stereocenters. The van der Waals surface area contributed by atoms with Crippen molar-refractivity contribution in [1.82, 2.24) is 4.98 Å². The van der Waals surface area contributed by atoms with Crippen LogP contribution < -0.4 is 10.0 Å². The zero-order valence-electron chi connectivity index (χ0n) is 18.3. The number of pyridine rings is 1. The van der Waals surface area contributed by atoms with Crippen LogP contribution in [0.4, 0.5) is 5.69 Å². The molecule has 0 saturated heterocycles. The zero-order chi connectivity index (χ0) is 23.9. The van der Waals surface area contributed by atoms with Crippen LogP contribution in [0.2, 0.25) is 0 Å². The number of sulfonamides is 1. The number of benzene rings is 2. The van der Waals surface area contributed by atoms with Crippen LogP contribution in [-0.2, 0) is 19.6 Å². The van der Waals surface area contributed by atoms with Gasteiger partial charge in [-0.1, -0.05) is 36.4 Å². The van der Waals surface area contributed by atoms with E-state index in [0.717, 1.165) is 11.1 Å². The fourth-order valence-corrected chi connectivity index (χ4v) is 5.46. The van der Waals surface area contributed by atoms with Crippen LogP contribution in [0.25, 0.3) is 0 Å². The number of amides is 1. The van der Waals surface area contributed by atoms with Gasteiger partial charge in [-0.2, -0.15) is 0 Å². The summed E-state index contributed by atoms with van der Waals surface area (Å²) in [5.41, 5.74) is 3.69. The van der Waals surface area contributed by atoms with Crippen molar-refractivity contribution in [2.45, 2.75) is 36.0 Å². The van der Waals surface area contributed by atoms with Crippen molar-refractivity contribution in [1.29, 1.82) is 0 Å². The molecule has 5 rings (SSSR count). The number of ketones is 1. The lowest BCUT2D eigenvalue weighted by molar-refractivity contribution is -0.120. The molecule has 1 aliphatic carbocycles. The molecule has 1 aliphatic heterocycles. The Morgan fingerprint density at radius 2 is 1.56 bits per heavy atom. The molecule has 2 aromatic carbocycles. The fourth-order valence-electron chi connectivity index (χ4n) is 4.95. The summed E-state index contributed by atoms with van der Waals surface area (Å²) in [5.74, 6) is -0.556. The number of carbonyl (C=O) groups is 2. The largest absolute Gasteiger partial charge is 0.294 e. The molecular formula is C26H23N3O4S. The number of anilines is 1. The molecule has 0 spiro atoms. The number of rotatable bonds is 4. The minimum Gasteiger partial charge on any atom is -0.294 e. The first-order valence-electron chi connectivity index (χ1n) is 11.0. The van der Waals surface area contributed by atoms with Gasteiger partial charge in [0, 0.05) is 48.1 Å². The van der Waals surface area contributed by atoms with E-state index in [-0.39, 0.29) is 34.8 Å². The Morgan fingerprint density at radius 3 is 2.21 bits per heavy atom. The van der Waals surface area contributed by atoms with E-state index >= 15 is 0 Å². The van der Waals surface area contributed by atoms with E-state index < -0.39 is 10.0 Å². The Morgan fingerprint density at radius 1 is 0.853 bits per heavy atom. The number of carbonyl (C=O) groups excluding carboxylic acids is 2. The van der Waals surface area contributed by atoms with E-state index in [1.54, 1.807) is 35.5 Å². The van der Waals surface area contributed by atoms with Crippen molar-refractivity contribution in [3.63, 3.8) is 0 Å². The quantitative estimate of drug-likeness (QED) is 0.622. The van der Waals surface area contributed by atoms with Crippen LogP contribution >= 0.6 is 0 Å². The van der Waals surface area contributed by atoms with Gasteiger partial charge in [-0.3, -0.25) is 19.5 Å². The van der Waals surface area contributed by atoms with Gasteiger partial charge in [-0.15, -0.1) is 0 Å². The van der Waals surface area contributed by atoms with Crippen LogP contribution in [-0.4, -0.2) is 25.1 Å². The van der Waals surface area contributed by atoms with Crippen molar-refractivity contribution in [2.24, 2.45) is 5.14 Å². The molecule has 0 fully saturated rings. The summed E-state index contributed by atoms with van der Waals surface area (Å²) in [6.07, 6.45) is 4.38. The molecule has 172 valence electrons. The SMILES string of the molecule is NS(=O)(=O)c1ccc(N2C(=O)CC(c3cccnc3)C3=C2CC(c2ccccc2)CC3=O)cc1. The first-order valence-corrected chi connectivity index (χ1v) is 12.5. The highest BCUT2D eigenvalue weighted by Gasteiger charge is 2.42. The second kappa shape index (κ2) is 8.62. The smallest absolute Gasteiger partial charge is 0.238 e. The lowest BCUT2D eigenvalue weighted by Crippen LogP contribution is -2.41. The van der Waals surface area contributed by atoms with Crippen LogP contribution in [0.5, 0.6) is 0 Å². The molecule has 3 aromatic rings. The summed E-state index contributed by atoms with van der Waals surface area (Å²) in [4.78, 5) is 32.8. The van der Waals surface area contributed by atoms with Gasteiger partial charge >= 0.3 is 0 Å². The summed E-state index contributed by atoms with van der Waals surface area (Å²) in [6.45, 7) is 0. The van der Waals surface area contributed by atoms with E-state index in [0.29, 0.717) is 29.8 Å². The van der Waals surface area contributed by atoms with Gasteiger partial charge in [0.25, 0.3) is 0 Å². The van der Waals surface area contributed by atoms with Gasteiger partial charge in [0.15, 0.2) is 5.78 Å². The topological polar surface area (TPSA) is 110 Å². The molecule has 0 saturated carbocycles. The minimum absolute atomic E-state index is 0.0163. The number of hydrogen-bond acceptors (Lipinski definition) is 5. The first kappa shape index (κ1) is 22.2. The average Bonchev–Trinajstić information content (AvgIpc) is 2.84. The summed E-state index contributed by atoms with van der Waals surface area (Å²) in [6, 6.07) is 19.4. The molecule has 2 heterocycles. The molecule has 2 N–H and O–H groups in total. The standard InChI is InChI=1S/C26H23N3O4S/c27-34(32,33)21-10-8-20(9-11-21)29-23-13-19(17-5-2-1-3-6-17)14-24(30)26(23)22(15-25(29)31)18-7-4-12-28-16-18/h1-12,16,19,22H,13-15H2,(H2,27,32,33). The van der Waals surface area contributed by atoms with Gasteiger partial charge in [-0.25, -0.2) is 13.6 Å². The van der Waals surface area contributed by atoms with Crippen LogP contribution in [0, 0.1) is 0 Å². The van der Waals surface area contributed by atoms with Crippen molar-refractivity contribution in [3.8, 4) is 0 Å². The maximum atomic E-state index is 13.6. The van der Waals surface area contributed by atoms with E-state index in [4.69, 9.17) is 5.14 Å². The number of allylic oxidation sites excluding steroid dienone is 2. The van der Waals surface area contributed by atoms with E-state index in [1.807, 2.05) is 36.4 Å². The molecule has 0 radical (unpaired) electrons. The van der Waals surface area contributed by atoms with Crippen LogP contribution in [0.1, 0.15) is 42.2 Å². The number of hydrogen-bond donors (Lipinski definition) is 1. The predicted octanol–water partition coefficient (Wildman–Crippen LogP) is 3.65. The van der Waals surface area contributed by atoms with Crippen molar-refractivity contribution >= 4 is 27.4 Å². The Balaban J connectivity index is 1.64. The maximum Gasteiger partial charge on any atom is 0.238 e. The molecule has 1 aromatic heterocycles. The monoisotopic (exact) mass is 473 g/mol. The van der Waals surface area contributed by atoms with Crippen molar-refractivity contribution < 1.29 is 18.0 Å². The Bertz CT molecular complexity index is 1380. The Hall–Kier alpha value is -3.62. The zero-order valence-corrected chi connectivity index (χ0v) is 19.1. The number of nitrogens with two attached hydrogens (primary N) is 1. The predicted molar refractivity (Wildman–Crippen MR) is 127 cm³/mol. The molecule has 2 unspecified atom stereocenters. The highest BCUT2D eigenvalue weighted by atomic mass is 32.2. The van der Waals surface area contributed by atoms with Gasteiger partial charge < -0.3 is 0 Å². The molecule has 8 heteroatoms. The summed E-state index contributed by atoms with van der Waals surface area (Å²) in [7, 11) is -3.86. The van der Waals surface area contributed by atoms with Crippen LogP contribution in [0.3, 0.4) is 0 Å². The molecule has 34 heavy (non-hydrogen) atoms. The molecule has 1 amide bonds. The minimum atomic E-state index is -3.86. The maximum absolute atomic E-state index is 13.6. The molecule has 2 aliphatic rings. The van der Waals surface area contributed by atoms with Crippen molar-refractivity contribution in [2.75, 3.05) is 4.90 Å². The molecular weight excluding hydrogens is 450 g/mol. The van der Waals surface area contributed by atoms with Crippen LogP contribution in [0.15, 0.2) is 95.3 Å². The van der Waals surface area contributed by atoms with Crippen molar-refractivity contribution in [3.05, 3.63) is 102 Å². The second-order valence-electron chi connectivity index (χ2n) is 8.61. The third kappa shape index (κ3) is 4.06. The first-order chi connectivity index (χ1) is 16.3. The lowest BCUT2D eigenvalue weighted by Gasteiger charge is -2.40. The third-order valence-corrected chi connectivity index (χ3v) is 7.44. The molecule has 7 nitrogen and oxygen atoms in total. The van der Waals surface area contributed by atoms with E-state index in [2.05, 4.69) is 4.98 Å². The normalized spacial score (nSPS) is 20.9. The second-order valence-corrected chi connectivity index (χ2v) is 10.2. The van der Waals surface area contributed by atoms with E-state index in [9.17, 15) is 18.0 Å². The van der Waals surface area contributed by atoms with Gasteiger partial charge in [-0.05, 0) is 53.8 Å². The summed E-state index contributed by atoms with van der Waals surface area (Å²) in [5, 5.41) is 5.23. The van der Waals surface area contributed by atoms with E-state index in [1.165, 1.54) is 12.1 Å². The summed E-state index contributed by atoms with van der Waals surface area (Å²) < 4.78 is 23.4. The lowest BCUT2D eigenvalue weighted by atomic mass is 9.73. The third-order valence-electron chi connectivity index (χ3n) is 6.51. The Labute approximate surface area is 198 Å². The average molecular weight is 474 g/mol. The van der Waals surface area contributed by atoms with Gasteiger partial charge in [0.05, 0.1) is 4.90 Å². The summed E-state index contributed by atoms with van der Waals surface area (Å²) >= 11 is 0. The molecule has 0 bridgehead atoms. The van der Waals surface area contributed by atoms with Gasteiger partial charge in [0.1, 0.15) is 0 Å². The fraction of sp³-hybridized carbons (Fsp3) is 0.192. The highest BCUT2D eigenvalue weighted by molar-refractivity contribution is 7.89. The number of aromatic nitrogens is 1. The Kier molecular flexibility index (Phi) is 5.63. The number of primary sulfonamides is 1.